The van der Waals surface area contributed by atoms with Crippen molar-refractivity contribution in [3.05, 3.63) is 169 Å². The average molecular weight is 611 g/mol. The SMILES string of the molecule is N#Cc1cccc(-c2cccc(-c3cc(-n4c5ccccc5c5ccccc54)cc(-n4c5ccccc5c5cc(C#N)ccc54)c3)c2)c1. The molecule has 0 unspecified atom stereocenters. The second kappa shape index (κ2) is 10.9. The molecule has 9 aromatic rings. The highest BCUT2D eigenvalue weighted by molar-refractivity contribution is 6.11. The van der Waals surface area contributed by atoms with Gasteiger partial charge in [-0.05, 0) is 95.1 Å². The Balaban J connectivity index is 1.36. The molecule has 2 aromatic heterocycles. The summed E-state index contributed by atoms with van der Waals surface area (Å²) in [7, 11) is 0. The Labute approximate surface area is 277 Å². The normalized spacial score (nSPS) is 11.3. The molecule has 48 heavy (non-hydrogen) atoms. The minimum absolute atomic E-state index is 0.638. The van der Waals surface area contributed by atoms with Gasteiger partial charge in [0.25, 0.3) is 0 Å². The highest BCUT2D eigenvalue weighted by atomic mass is 15.0. The van der Waals surface area contributed by atoms with Gasteiger partial charge in [0.2, 0.25) is 0 Å². The Morgan fingerprint density at radius 1 is 0.333 bits per heavy atom. The molecule has 222 valence electrons. The topological polar surface area (TPSA) is 57.4 Å². The number of nitriles is 2. The minimum atomic E-state index is 0.638. The molecule has 0 fully saturated rings. The van der Waals surface area contributed by atoms with Gasteiger partial charge < -0.3 is 9.13 Å². The van der Waals surface area contributed by atoms with Crippen LogP contribution in [-0.2, 0) is 0 Å². The minimum Gasteiger partial charge on any atom is -0.309 e. The lowest BCUT2D eigenvalue weighted by Crippen LogP contribution is -2.00. The van der Waals surface area contributed by atoms with Gasteiger partial charge in [0.1, 0.15) is 0 Å². The summed E-state index contributed by atoms with van der Waals surface area (Å²) in [5.41, 5.74) is 12.0. The van der Waals surface area contributed by atoms with Crippen molar-refractivity contribution in [1.29, 1.82) is 10.5 Å². The van der Waals surface area contributed by atoms with Gasteiger partial charge in [-0.1, -0.05) is 84.9 Å². The number of benzene rings is 7. The zero-order chi connectivity index (χ0) is 32.2. The summed E-state index contributed by atoms with van der Waals surface area (Å²) in [6.07, 6.45) is 0. The number of para-hydroxylation sites is 3. The molecule has 0 radical (unpaired) electrons. The molecule has 2 heterocycles. The molecule has 0 saturated heterocycles. The van der Waals surface area contributed by atoms with Crippen LogP contribution in [0.25, 0.3) is 77.2 Å². The molecule has 0 saturated carbocycles. The Morgan fingerprint density at radius 3 is 1.38 bits per heavy atom. The predicted octanol–water partition coefficient (Wildman–Crippen LogP) is 11.0. The fourth-order valence-electron chi connectivity index (χ4n) is 7.19. The second-order valence-corrected chi connectivity index (χ2v) is 12.1. The number of rotatable bonds is 4. The fraction of sp³-hybridized carbons (Fsp3) is 0. The van der Waals surface area contributed by atoms with E-state index in [2.05, 4.69) is 143 Å². The zero-order valence-electron chi connectivity index (χ0n) is 25.8. The van der Waals surface area contributed by atoms with Crippen LogP contribution in [0.4, 0.5) is 0 Å². The van der Waals surface area contributed by atoms with Crippen LogP contribution in [0.2, 0.25) is 0 Å². The largest absolute Gasteiger partial charge is 0.309 e. The lowest BCUT2D eigenvalue weighted by molar-refractivity contribution is 1.13. The van der Waals surface area contributed by atoms with Crippen LogP contribution in [0.3, 0.4) is 0 Å². The molecule has 0 bridgehead atoms. The van der Waals surface area contributed by atoms with Crippen LogP contribution < -0.4 is 0 Å². The van der Waals surface area contributed by atoms with Crippen molar-refractivity contribution in [3.8, 4) is 45.8 Å². The van der Waals surface area contributed by atoms with E-state index in [0.29, 0.717) is 11.1 Å². The summed E-state index contributed by atoms with van der Waals surface area (Å²) < 4.78 is 4.67. The van der Waals surface area contributed by atoms with E-state index in [4.69, 9.17) is 0 Å². The molecule has 7 aromatic carbocycles. The van der Waals surface area contributed by atoms with Crippen molar-refractivity contribution < 1.29 is 0 Å². The van der Waals surface area contributed by atoms with E-state index in [-0.39, 0.29) is 0 Å². The zero-order valence-corrected chi connectivity index (χ0v) is 25.8. The maximum Gasteiger partial charge on any atom is 0.0991 e. The van der Waals surface area contributed by atoms with E-state index >= 15 is 0 Å². The van der Waals surface area contributed by atoms with Gasteiger partial charge in [-0.15, -0.1) is 0 Å². The quantitative estimate of drug-likeness (QED) is 0.199. The van der Waals surface area contributed by atoms with Gasteiger partial charge in [0, 0.05) is 32.9 Å². The Hall–Kier alpha value is -6.88. The molecule has 4 nitrogen and oxygen atoms in total. The number of nitrogens with zero attached hydrogens (tertiary/aromatic N) is 4. The number of aromatic nitrogens is 2. The molecule has 0 spiro atoms. The third-order valence-electron chi connectivity index (χ3n) is 9.32. The smallest absolute Gasteiger partial charge is 0.0991 e. The van der Waals surface area contributed by atoms with Crippen molar-refractivity contribution in [3.63, 3.8) is 0 Å². The summed E-state index contributed by atoms with van der Waals surface area (Å²) in [6.45, 7) is 0. The van der Waals surface area contributed by atoms with Crippen LogP contribution in [0.5, 0.6) is 0 Å². The first kappa shape index (κ1) is 27.4. The van der Waals surface area contributed by atoms with Crippen molar-refractivity contribution in [1.82, 2.24) is 9.13 Å². The third kappa shape index (κ3) is 4.29. The summed E-state index contributed by atoms with van der Waals surface area (Å²) in [5.74, 6) is 0. The summed E-state index contributed by atoms with van der Waals surface area (Å²) in [4.78, 5) is 0. The molecule has 9 rings (SSSR count). The molecular formula is C44H26N4. The van der Waals surface area contributed by atoms with Crippen LogP contribution in [0.1, 0.15) is 11.1 Å². The van der Waals surface area contributed by atoms with Crippen molar-refractivity contribution in [2.24, 2.45) is 0 Å². The molecule has 0 aliphatic rings. The fourth-order valence-corrected chi connectivity index (χ4v) is 7.19. The van der Waals surface area contributed by atoms with Crippen LogP contribution in [0, 0.1) is 22.7 Å². The van der Waals surface area contributed by atoms with E-state index in [9.17, 15) is 10.5 Å². The molecular weight excluding hydrogens is 585 g/mol. The highest BCUT2D eigenvalue weighted by Gasteiger charge is 2.18. The van der Waals surface area contributed by atoms with E-state index in [1.54, 1.807) is 0 Å². The van der Waals surface area contributed by atoms with Gasteiger partial charge in [0.15, 0.2) is 0 Å². The van der Waals surface area contributed by atoms with Crippen molar-refractivity contribution in [2.75, 3.05) is 0 Å². The Morgan fingerprint density at radius 2 is 0.792 bits per heavy atom. The Bertz CT molecular complexity index is 2760. The monoisotopic (exact) mass is 610 g/mol. The summed E-state index contributed by atoms with van der Waals surface area (Å²) >= 11 is 0. The van der Waals surface area contributed by atoms with E-state index < -0.39 is 0 Å². The average Bonchev–Trinajstić information content (AvgIpc) is 3.67. The first-order valence-electron chi connectivity index (χ1n) is 15.9. The standard InChI is InChI=1S/C44H26N4/c45-27-29-9-7-10-31(21-29)32-11-8-12-33(23-32)34-24-35(47-41-16-4-1-13-37(41)38-14-2-5-17-42(38)47)26-36(25-34)48-43-18-6-3-15-39(43)40-22-30(28-46)19-20-44(40)48/h1-26H. The maximum absolute atomic E-state index is 9.73. The maximum atomic E-state index is 9.73. The number of hydrogen-bond acceptors (Lipinski definition) is 2. The van der Waals surface area contributed by atoms with Crippen molar-refractivity contribution >= 4 is 43.6 Å². The van der Waals surface area contributed by atoms with E-state index in [1.807, 2.05) is 36.4 Å². The first-order chi connectivity index (χ1) is 23.7. The third-order valence-corrected chi connectivity index (χ3v) is 9.32. The molecule has 0 atom stereocenters. The van der Waals surface area contributed by atoms with E-state index in [1.165, 1.54) is 10.8 Å². The summed E-state index contributed by atoms with van der Waals surface area (Å²) in [6, 6.07) is 59.2. The van der Waals surface area contributed by atoms with Gasteiger partial charge in [-0.2, -0.15) is 10.5 Å². The van der Waals surface area contributed by atoms with Gasteiger partial charge >= 0.3 is 0 Å². The van der Waals surface area contributed by atoms with Gasteiger partial charge in [-0.3, -0.25) is 0 Å². The Kier molecular flexibility index (Phi) is 6.22. The van der Waals surface area contributed by atoms with Crippen molar-refractivity contribution in [2.45, 2.75) is 0 Å². The molecule has 0 amide bonds. The van der Waals surface area contributed by atoms with Crippen LogP contribution in [-0.4, -0.2) is 9.13 Å². The van der Waals surface area contributed by atoms with Crippen LogP contribution >= 0.6 is 0 Å². The number of fused-ring (bicyclic) bond motifs is 6. The van der Waals surface area contributed by atoms with Gasteiger partial charge in [0.05, 0.1) is 45.3 Å². The molecule has 4 heteroatoms. The predicted molar refractivity (Wildman–Crippen MR) is 195 cm³/mol. The lowest BCUT2D eigenvalue weighted by Gasteiger charge is -2.16. The second-order valence-electron chi connectivity index (χ2n) is 12.1. The highest BCUT2D eigenvalue weighted by Crippen LogP contribution is 2.38. The van der Waals surface area contributed by atoms with Crippen LogP contribution in [0.15, 0.2) is 158 Å². The first-order valence-corrected chi connectivity index (χ1v) is 15.9. The molecule has 0 aliphatic heterocycles. The lowest BCUT2D eigenvalue weighted by atomic mass is 9.97. The molecule has 0 aliphatic carbocycles. The summed E-state index contributed by atoms with van der Waals surface area (Å²) in [5, 5.41) is 23.8. The molecule has 0 N–H and O–H groups in total. The van der Waals surface area contributed by atoms with Gasteiger partial charge in [-0.25, -0.2) is 0 Å². The number of hydrogen-bond donors (Lipinski definition) is 0. The van der Waals surface area contributed by atoms with E-state index in [0.717, 1.165) is 66.5 Å².